The Morgan fingerprint density at radius 3 is 2.11 bits per heavy atom. The van der Waals surface area contributed by atoms with Gasteiger partial charge in [-0.05, 0) is 45.4 Å². The molecule has 0 aliphatic heterocycles. The topological polar surface area (TPSA) is 60.9 Å². The van der Waals surface area contributed by atoms with Gasteiger partial charge < -0.3 is 9.90 Å². The molecule has 106 valence electrons. The molecule has 0 amide bonds. The van der Waals surface area contributed by atoms with Crippen LogP contribution in [0.3, 0.4) is 0 Å². The van der Waals surface area contributed by atoms with Crippen molar-refractivity contribution in [3.05, 3.63) is 0 Å². The lowest BCUT2D eigenvalue weighted by atomic mass is 10.3. The molecule has 0 rings (SSSR count). The summed E-state index contributed by atoms with van der Waals surface area (Å²) < 4.78 is 0. The van der Waals surface area contributed by atoms with Gasteiger partial charge >= 0.3 is 5.97 Å². The molecule has 0 bridgehead atoms. The van der Waals surface area contributed by atoms with Gasteiger partial charge in [-0.15, -0.1) is 0 Å². The monoisotopic (exact) mass is 258 g/mol. The molecule has 0 unspecified atom stereocenters. The van der Waals surface area contributed by atoms with Crippen molar-refractivity contribution >= 4 is 12.3 Å². The summed E-state index contributed by atoms with van der Waals surface area (Å²) in [6.07, 6.45) is 3.82. The van der Waals surface area contributed by atoms with Crippen molar-refractivity contribution in [1.82, 2.24) is 9.80 Å². The molecule has 5 nitrogen and oxygen atoms in total. The second-order valence-corrected chi connectivity index (χ2v) is 4.49. The maximum Gasteiger partial charge on any atom is 0.317 e. The molecule has 0 aromatic rings. The zero-order valence-electron chi connectivity index (χ0n) is 11.6. The van der Waals surface area contributed by atoms with Crippen LogP contribution in [0.1, 0.15) is 33.1 Å². The number of nitrogens with zero attached hydrogens (tertiary/aromatic N) is 2. The third-order valence-corrected chi connectivity index (χ3v) is 2.72. The zero-order valence-corrected chi connectivity index (χ0v) is 11.6. The van der Waals surface area contributed by atoms with Crippen LogP contribution in [0.15, 0.2) is 0 Å². The van der Waals surface area contributed by atoms with Crippen molar-refractivity contribution in [2.45, 2.75) is 33.1 Å². The summed E-state index contributed by atoms with van der Waals surface area (Å²) >= 11 is 0. The van der Waals surface area contributed by atoms with Crippen molar-refractivity contribution in [3.63, 3.8) is 0 Å². The number of hydrogen-bond donors (Lipinski definition) is 1. The number of rotatable bonds is 12. The van der Waals surface area contributed by atoms with E-state index in [1.165, 1.54) is 0 Å². The fourth-order valence-electron chi connectivity index (χ4n) is 2.01. The number of carboxylic acid groups (broad SMARTS) is 1. The molecule has 0 heterocycles. The van der Waals surface area contributed by atoms with E-state index in [-0.39, 0.29) is 6.54 Å². The Labute approximate surface area is 110 Å². The number of carbonyl (C=O) groups is 2. The van der Waals surface area contributed by atoms with E-state index in [0.717, 1.165) is 51.7 Å². The summed E-state index contributed by atoms with van der Waals surface area (Å²) in [4.78, 5) is 25.3. The highest BCUT2D eigenvalue weighted by Crippen LogP contribution is 1.98. The zero-order chi connectivity index (χ0) is 13.8. The molecule has 0 fully saturated rings. The minimum Gasteiger partial charge on any atom is -0.480 e. The first kappa shape index (κ1) is 17.1. The van der Waals surface area contributed by atoms with E-state index in [4.69, 9.17) is 5.11 Å². The van der Waals surface area contributed by atoms with E-state index in [1.807, 2.05) is 11.8 Å². The van der Waals surface area contributed by atoms with Crippen LogP contribution < -0.4 is 0 Å². The standard InChI is InChI=1S/C13H26N2O3/c1-3-6-14(10-11-16)8-5-9-15(7-4-2)12-13(17)18/h11H,3-10,12H2,1-2H3,(H,17,18). The Balaban J connectivity index is 3.93. The third kappa shape index (κ3) is 9.13. The van der Waals surface area contributed by atoms with Gasteiger partial charge in [0.1, 0.15) is 6.29 Å². The minimum absolute atomic E-state index is 0.106. The minimum atomic E-state index is -0.776. The van der Waals surface area contributed by atoms with Gasteiger partial charge in [-0.25, -0.2) is 0 Å². The van der Waals surface area contributed by atoms with Gasteiger partial charge in [-0.3, -0.25) is 14.6 Å². The first-order chi connectivity index (χ1) is 8.63. The normalized spacial score (nSPS) is 11.1. The molecule has 0 atom stereocenters. The molecule has 5 heteroatoms. The van der Waals surface area contributed by atoms with Crippen molar-refractivity contribution < 1.29 is 14.7 Å². The van der Waals surface area contributed by atoms with E-state index in [1.54, 1.807) is 0 Å². The first-order valence-electron chi connectivity index (χ1n) is 6.74. The average Bonchev–Trinajstić information content (AvgIpc) is 2.29. The SMILES string of the molecule is CCCN(CC=O)CCCN(CCC)CC(=O)O. The van der Waals surface area contributed by atoms with Crippen molar-refractivity contribution in [2.24, 2.45) is 0 Å². The summed E-state index contributed by atoms with van der Waals surface area (Å²) in [5, 5.41) is 8.79. The second-order valence-electron chi connectivity index (χ2n) is 4.49. The Kier molecular flexibility index (Phi) is 10.6. The van der Waals surface area contributed by atoms with E-state index in [2.05, 4.69) is 11.8 Å². The fraction of sp³-hybridized carbons (Fsp3) is 0.846. The number of aldehydes is 1. The van der Waals surface area contributed by atoms with Crippen molar-refractivity contribution in [1.29, 1.82) is 0 Å². The molecule has 0 spiro atoms. The van der Waals surface area contributed by atoms with Gasteiger partial charge in [0, 0.05) is 0 Å². The molecule has 0 aromatic heterocycles. The average molecular weight is 258 g/mol. The molecule has 0 aliphatic carbocycles. The van der Waals surface area contributed by atoms with Gasteiger partial charge in [-0.1, -0.05) is 13.8 Å². The van der Waals surface area contributed by atoms with Crippen LogP contribution in [0, 0.1) is 0 Å². The Bertz CT molecular complexity index is 234. The number of carboxylic acids is 1. The van der Waals surface area contributed by atoms with Gasteiger partial charge in [0.15, 0.2) is 0 Å². The molecule has 0 saturated heterocycles. The smallest absolute Gasteiger partial charge is 0.317 e. The van der Waals surface area contributed by atoms with Crippen LogP contribution in [-0.2, 0) is 9.59 Å². The van der Waals surface area contributed by atoms with Crippen LogP contribution in [0.5, 0.6) is 0 Å². The van der Waals surface area contributed by atoms with Crippen LogP contribution >= 0.6 is 0 Å². The van der Waals surface area contributed by atoms with Crippen molar-refractivity contribution in [2.75, 3.05) is 39.3 Å². The molecule has 0 radical (unpaired) electrons. The lowest BCUT2D eigenvalue weighted by Gasteiger charge is -2.23. The largest absolute Gasteiger partial charge is 0.480 e. The van der Waals surface area contributed by atoms with Crippen LogP contribution in [0.4, 0.5) is 0 Å². The quantitative estimate of drug-likeness (QED) is 0.531. The Hall–Kier alpha value is -0.940. The molecular formula is C13H26N2O3. The van der Waals surface area contributed by atoms with E-state index < -0.39 is 5.97 Å². The highest BCUT2D eigenvalue weighted by atomic mass is 16.4. The maximum atomic E-state index is 10.7. The summed E-state index contributed by atoms with van der Waals surface area (Å²) in [6, 6.07) is 0. The summed E-state index contributed by atoms with van der Waals surface area (Å²) in [7, 11) is 0. The molecular weight excluding hydrogens is 232 g/mol. The third-order valence-electron chi connectivity index (χ3n) is 2.72. The highest BCUT2D eigenvalue weighted by molar-refractivity contribution is 5.69. The van der Waals surface area contributed by atoms with Crippen molar-refractivity contribution in [3.8, 4) is 0 Å². The van der Waals surface area contributed by atoms with E-state index in [0.29, 0.717) is 6.54 Å². The summed E-state index contributed by atoms with van der Waals surface area (Å²) in [6.45, 7) is 8.08. The predicted octanol–water partition coefficient (Wildman–Crippen LogP) is 1.08. The van der Waals surface area contributed by atoms with Gasteiger partial charge in [-0.2, -0.15) is 0 Å². The van der Waals surface area contributed by atoms with Gasteiger partial charge in [0.25, 0.3) is 0 Å². The lowest BCUT2D eigenvalue weighted by molar-refractivity contribution is -0.138. The summed E-state index contributed by atoms with van der Waals surface area (Å²) in [5.74, 6) is -0.776. The lowest BCUT2D eigenvalue weighted by Crippen LogP contribution is -2.34. The van der Waals surface area contributed by atoms with Crippen LogP contribution in [0.2, 0.25) is 0 Å². The highest BCUT2D eigenvalue weighted by Gasteiger charge is 2.09. The number of aliphatic carboxylic acids is 1. The molecule has 0 saturated carbocycles. The summed E-state index contributed by atoms with van der Waals surface area (Å²) in [5.41, 5.74) is 0. The van der Waals surface area contributed by atoms with Crippen LogP contribution in [-0.4, -0.2) is 66.4 Å². The molecule has 18 heavy (non-hydrogen) atoms. The Morgan fingerprint density at radius 2 is 1.61 bits per heavy atom. The Morgan fingerprint density at radius 1 is 1.06 bits per heavy atom. The van der Waals surface area contributed by atoms with E-state index in [9.17, 15) is 9.59 Å². The predicted molar refractivity (Wildman–Crippen MR) is 71.8 cm³/mol. The molecule has 0 aliphatic rings. The second kappa shape index (κ2) is 11.2. The number of carbonyl (C=O) groups excluding carboxylic acids is 1. The molecule has 0 aromatic carbocycles. The maximum absolute atomic E-state index is 10.7. The van der Waals surface area contributed by atoms with E-state index >= 15 is 0 Å². The van der Waals surface area contributed by atoms with Gasteiger partial charge in [0.05, 0.1) is 13.1 Å². The number of hydrogen-bond acceptors (Lipinski definition) is 4. The molecule has 1 N–H and O–H groups in total. The fourth-order valence-corrected chi connectivity index (χ4v) is 2.01. The van der Waals surface area contributed by atoms with Crippen LogP contribution in [0.25, 0.3) is 0 Å². The van der Waals surface area contributed by atoms with Gasteiger partial charge in [0.2, 0.25) is 0 Å². The first-order valence-corrected chi connectivity index (χ1v) is 6.74.